The van der Waals surface area contributed by atoms with Gasteiger partial charge in [-0.15, -0.1) is 11.3 Å². The lowest BCUT2D eigenvalue weighted by Gasteiger charge is -2.32. The van der Waals surface area contributed by atoms with Gasteiger partial charge in [0.05, 0.1) is 0 Å². The Bertz CT molecular complexity index is 461. The molecular formula is C10H16N2O2S2. The third kappa shape index (κ3) is 2.45. The lowest BCUT2D eigenvalue weighted by Crippen LogP contribution is -2.43. The molecule has 1 heterocycles. The first-order valence-electron chi connectivity index (χ1n) is 5.31. The molecule has 0 spiro atoms. The van der Waals surface area contributed by atoms with Crippen LogP contribution in [0.2, 0.25) is 0 Å². The van der Waals surface area contributed by atoms with Gasteiger partial charge < -0.3 is 5.73 Å². The fourth-order valence-electron chi connectivity index (χ4n) is 1.88. The second-order valence-electron chi connectivity index (χ2n) is 4.37. The van der Waals surface area contributed by atoms with E-state index in [-0.39, 0.29) is 6.04 Å². The van der Waals surface area contributed by atoms with Crippen molar-refractivity contribution >= 4 is 21.4 Å². The molecule has 1 aliphatic carbocycles. The maximum absolute atomic E-state index is 11.9. The topological polar surface area (TPSA) is 72.2 Å². The molecule has 0 radical (unpaired) electrons. The molecule has 0 bridgehead atoms. The van der Waals surface area contributed by atoms with Gasteiger partial charge in [-0.25, -0.2) is 13.1 Å². The summed E-state index contributed by atoms with van der Waals surface area (Å²) in [7, 11) is -3.32. The molecule has 4 nitrogen and oxygen atoms in total. The summed E-state index contributed by atoms with van der Waals surface area (Å²) in [6, 6.07) is 1.76. The largest absolute Gasteiger partial charge is 0.326 e. The third-order valence-electron chi connectivity index (χ3n) is 2.83. The first-order valence-corrected chi connectivity index (χ1v) is 7.67. The molecule has 0 unspecified atom stereocenters. The summed E-state index contributed by atoms with van der Waals surface area (Å²) in [6.07, 6.45) is 1.88. The van der Waals surface area contributed by atoms with Gasteiger partial charge in [0, 0.05) is 12.6 Å². The van der Waals surface area contributed by atoms with Gasteiger partial charge in [-0.2, -0.15) is 0 Å². The highest BCUT2D eigenvalue weighted by atomic mass is 32.2. The number of sulfonamides is 1. The molecule has 0 atom stereocenters. The first-order chi connectivity index (χ1) is 7.51. The van der Waals surface area contributed by atoms with E-state index in [9.17, 15) is 8.42 Å². The molecule has 1 saturated carbocycles. The van der Waals surface area contributed by atoms with Crippen molar-refractivity contribution in [2.45, 2.75) is 36.6 Å². The molecule has 0 saturated heterocycles. The maximum atomic E-state index is 11.9. The molecule has 6 heteroatoms. The number of hydrogen-bond acceptors (Lipinski definition) is 4. The van der Waals surface area contributed by atoms with Gasteiger partial charge in [0.25, 0.3) is 0 Å². The van der Waals surface area contributed by atoms with Gasteiger partial charge in [0.2, 0.25) is 10.0 Å². The molecular weight excluding hydrogens is 244 g/mol. The van der Waals surface area contributed by atoms with Crippen molar-refractivity contribution in [3.05, 3.63) is 17.0 Å². The average Bonchev–Trinajstić information content (AvgIpc) is 2.63. The zero-order valence-electron chi connectivity index (χ0n) is 9.14. The summed E-state index contributed by atoms with van der Waals surface area (Å²) in [5, 5.41) is 1.79. The Hall–Kier alpha value is -0.430. The predicted octanol–water partition coefficient (Wildman–Crippen LogP) is 1.28. The van der Waals surface area contributed by atoms with Crippen molar-refractivity contribution in [1.82, 2.24) is 4.72 Å². The number of nitrogens with two attached hydrogens (primary N) is 1. The minimum Gasteiger partial charge on any atom is -0.326 e. The highest BCUT2D eigenvalue weighted by molar-refractivity contribution is 7.91. The molecule has 1 fully saturated rings. The highest BCUT2D eigenvalue weighted by Crippen LogP contribution is 2.29. The van der Waals surface area contributed by atoms with Crippen LogP contribution in [0, 0.1) is 5.92 Å². The van der Waals surface area contributed by atoms with Crippen LogP contribution >= 0.6 is 11.3 Å². The van der Waals surface area contributed by atoms with Crippen molar-refractivity contribution in [2.75, 3.05) is 0 Å². The van der Waals surface area contributed by atoms with E-state index in [1.54, 1.807) is 11.4 Å². The third-order valence-corrected chi connectivity index (χ3v) is 5.83. The van der Waals surface area contributed by atoms with E-state index >= 15 is 0 Å². The monoisotopic (exact) mass is 260 g/mol. The van der Waals surface area contributed by atoms with E-state index in [0.29, 0.717) is 16.7 Å². The van der Waals surface area contributed by atoms with Crippen molar-refractivity contribution in [3.63, 3.8) is 0 Å². The Morgan fingerprint density at radius 1 is 1.56 bits per heavy atom. The van der Waals surface area contributed by atoms with E-state index in [1.165, 1.54) is 11.3 Å². The van der Waals surface area contributed by atoms with Crippen molar-refractivity contribution in [3.8, 4) is 0 Å². The normalized spacial score (nSPS) is 25.4. The Morgan fingerprint density at radius 3 is 2.75 bits per heavy atom. The van der Waals surface area contributed by atoms with Gasteiger partial charge in [-0.3, -0.25) is 0 Å². The van der Waals surface area contributed by atoms with Crippen LogP contribution in [-0.2, 0) is 16.6 Å². The summed E-state index contributed by atoms with van der Waals surface area (Å²) in [5.41, 5.74) is 6.32. The Morgan fingerprint density at radius 2 is 2.25 bits per heavy atom. The quantitative estimate of drug-likeness (QED) is 0.856. The van der Waals surface area contributed by atoms with E-state index in [0.717, 1.165) is 18.4 Å². The minimum atomic E-state index is -3.32. The Kier molecular flexibility index (Phi) is 3.34. The van der Waals surface area contributed by atoms with E-state index in [4.69, 9.17) is 5.73 Å². The highest BCUT2D eigenvalue weighted by Gasteiger charge is 2.30. The molecule has 90 valence electrons. The molecule has 2 rings (SSSR count). The summed E-state index contributed by atoms with van der Waals surface area (Å²) in [4.78, 5) is 0. The van der Waals surface area contributed by atoms with Crippen molar-refractivity contribution < 1.29 is 8.42 Å². The van der Waals surface area contributed by atoms with E-state index in [1.807, 2.05) is 0 Å². The molecule has 1 aliphatic rings. The Balaban J connectivity index is 2.06. The maximum Gasteiger partial charge on any atom is 0.250 e. The summed E-state index contributed by atoms with van der Waals surface area (Å²) in [5.74, 6) is 0.635. The van der Waals surface area contributed by atoms with Gasteiger partial charge in [0.15, 0.2) is 0 Å². The molecule has 1 aromatic rings. The zero-order valence-corrected chi connectivity index (χ0v) is 10.8. The van der Waals surface area contributed by atoms with Gasteiger partial charge >= 0.3 is 0 Å². The zero-order chi connectivity index (χ0) is 11.8. The summed E-state index contributed by atoms with van der Waals surface area (Å²) < 4.78 is 26.9. The molecule has 1 aromatic heterocycles. The summed E-state index contributed by atoms with van der Waals surface area (Å²) in [6.45, 7) is 2.51. The van der Waals surface area contributed by atoms with E-state index < -0.39 is 10.0 Å². The number of nitrogens with one attached hydrogen (secondary N) is 1. The van der Waals surface area contributed by atoms with Crippen LogP contribution in [0.4, 0.5) is 0 Å². The Labute approximate surface area is 99.9 Å². The van der Waals surface area contributed by atoms with Crippen LogP contribution in [0.25, 0.3) is 0 Å². The average molecular weight is 260 g/mol. The second kappa shape index (κ2) is 4.44. The standard InChI is InChI=1S/C10H16N2O2S2/c1-7-2-9(3-7)12-16(13,14)10-4-8(5-11)6-15-10/h4,6-7,9,12H,2-3,5,11H2,1H3. The fourth-order valence-corrected chi connectivity index (χ4v) is 4.38. The van der Waals surface area contributed by atoms with E-state index in [2.05, 4.69) is 11.6 Å². The van der Waals surface area contributed by atoms with Crippen LogP contribution in [0.5, 0.6) is 0 Å². The molecule has 16 heavy (non-hydrogen) atoms. The number of rotatable bonds is 4. The lowest BCUT2D eigenvalue weighted by molar-refractivity contribution is 0.270. The SMILES string of the molecule is CC1CC(NS(=O)(=O)c2cc(CN)cs2)C1. The van der Waals surface area contributed by atoms with Crippen LogP contribution in [0.3, 0.4) is 0 Å². The van der Waals surface area contributed by atoms with Crippen LogP contribution in [0.1, 0.15) is 25.3 Å². The minimum absolute atomic E-state index is 0.114. The number of thiophene rings is 1. The van der Waals surface area contributed by atoms with Crippen LogP contribution in [-0.4, -0.2) is 14.5 Å². The first kappa shape index (κ1) is 12.0. The molecule has 3 N–H and O–H groups in total. The fraction of sp³-hybridized carbons (Fsp3) is 0.600. The van der Waals surface area contributed by atoms with Gasteiger partial charge in [0.1, 0.15) is 4.21 Å². The van der Waals surface area contributed by atoms with Crippen LogP contribution < -0.4 is 10.5 Å². The molecule has 0 amide bonds. The van der Waals surface area contributed by atoms with Crippen molar-refractivity contribution in [2.24, 2.45) is 11.7 Å². The summed E-state index contributed by atoms with van der Waals surface area (Å²) >= 11 is 1.23. The molecule has 0 aromatic carbocycles. The number of hydrogen-bond donors (Lipinski definition) is 2. The predicted molar refractivity (Wildman–Crippen MR) is 64.7 cm³/mol. The second-order valence-corrected chi connectivity index (χ2v) is 7.22. The van der Waals surface area contributed by atoms with Gasteiger partial charge in [-0.05, 0) is 35.8 Å². The van der Waals surface area contributed by atoms with Gasteiger partial charge in [-0.1, -0.05) is 6.92 Å². The smallest absolute Gasteiger partial charge is 0.250 e. The lowest BCUT2D eigenvalue weighted by atomic mass is 9.83. The van der Waals surface area contributed by atoms with Crippen molar-refractivity contribution in [1.29, 1.82) is 0 Å². The molecule has 0 aliphatic heterocycles. The van der Waals surface area contributed by atoms with Crippen LogP contribution in [0.15, 0.2) is 15.7 Å².